The summed E-state index contributed by atoms with van der Waals surface area (Å²) in [5.74, 6) is 1.37. The molecule has 1 rings (SSSR count). The fraction of sp³-hybridized carbons (Fsp3) is 1.00. The van der Waals surface area contributed by atoms with E-state index in [1.165, 1.54) is 18.6 Å². The maximum atomic E-state index is 3.29. The standard InChI is InChI=1S/C7H15NS/c1-6(8-2)7-4-3-5-9-7/h6-8H,3-5H2,1-2H3. The van der Waals surface area contributed by atoms with Crippen LogP contribution in [0.1, 0.15) is 19.8 Å². The van der Waals surface area contributed by atoms with Crippen molar-refractivity contribution < 1.29 is 0 Å². The minimum absolute atomic E-state index is 0.706. The highest BCUT2D eigenvalue weighted by molar-refractivity contribution is 8.00. The van der Waals surface area contributed by atoms with Gasteiger partial charge in [0.15, 0.2) is 0 Å². The first kappa shape index (κ1) is 7.42. The van der Waals surface area contributed by atoms with E-state index in [4.69, 9.17) is 0 Å². The zero-order valence-electron chi connectivity index (χ0n) is 6.18. The van der Waals surface area contributed by atoms with Crippen molar-refractivity contribution in [3.8, 4) is 0 Å². The van der Waals surface area contributed by atoms with Crippen LogP contribution in [-0.2, 0) is 0 Å². The smallest absolute Gasteiger partial charge is 0.0198 e. The van der Waals surface area contributed by atoms with E-state index in [0.29, 0.717) is 6.04 Å². The van der Waals surface area contributed by atoms with Gasteiger partial charge in [-0.15, -0.1) is 0 Å². The Morgan fingerprint density at radius 1 is 1.67 bits per heavy atom. The molecule has 1 aliphatic heterocycles. The second-order valence-electron chi connectivity index (χ2n) is 2.63. The zero-order chi connectivity index (χ0) is 6.69. The summed E-state index contributed by atoms with van der Waals surface area (Å²) in [6.07, 6.45) is 2.83. The first-order valence-electron chi connectivity index (χ1n) is 3.63. The predicted octanol–water partition coefficient (Wildman–Crippen LogP) is 1.49. The van der Waals surface area contributed by atoms with Crippen molar-refractivity contribution in [2.24, 2.45) is 0 Å². The van der Waals surface area contributed by atoms with Crippen LogP contribution in [0.5, 0.6) is 0 Å². The molecule has 0 spiro atoms. The summed E-state index contributed by atoms with van der Waals surface area (Å²) in [6.45, 7) is 2.27. The Morgan fingerprint density at radius 2 is 2.44 bits per heavy atom. The van der Waals surface area contributed by atoms with Crippen molar-refractivity contribution in [1.82, 2.24) is 5.32 Å². The third-order valence-corrected chi connectivity index (χ3v) is 3.57. The molecule has 0 aromatic rings. The minimum atomic E-state index is 0.706. The lowest BCUT2D eigenvalue weighted by Gasteiger charge is -2.16. The number of thioether (sulfide) groups is 1. The van der Waals surface area contributed by atoms with Gasteiger partial charge in [-0.05, 0) is 32.6 Å². The van der Waals surface area contributed by atoms with Crippen LogP contribution < -0.4 is 5.32 Å². The second-order valence-corrected chi connectivity index (χ2v) is 3.98. The monoisotopic (exact) mass is 145 g/mol. The molecule has 1 fully saturated rings. The summed E-state index contributed by atoms with van der Waals surface area (Å²) in [7, 11) is 2.05. The lowest BCUT2D eigenvalue weighted by molar-refractivity contribution is 0.567. The van der Waals surface area contributed by atoms with Crippen LogP contribution in [0.4, 0.5) is 0 Å². The Balaban J connectivity index is 2.24. The van der Waals surface area contributed by atoms with Crippen LogP contribution in [0.2, 0.25) is 0 Å². The van der Waals surface area contributed by atoms with Crippen LogP contribution in [-0.4, -0.2) is 24.1 Å². The normalized spacial score (nSPS) is 30.7. The van der Waals surface area contributed by atoms with E-state index in [-0.39, 0.29) is 0 Å². The molecular weight excluding hydrogens is 130 g/mol. The number of hydrogen-bond donors (Lipinski definition) is 1. The van der Waals surface area contributed by atoms with E-state index >= 15 is 0 Å². The van der Waals surface area contributed by atoms with Crippen LogP contribution in [0.25, 0.3) is 0 Å². The van der Waals surface area contributed by atoms with Crippen molar-refractivity contribution in [2.75, 3.05) is 12.8 Å². The molecule has 0 aliphatic carbocycles. The highest BCUT2D eigenvalue weighted by Crippen LogP contribution is 2.28. The molecule has 0 aromatic heterocycles. The van der Waals surface area contributed by atoms with Gasteiger partial charge in [-0.2, -0.15) is 11.8 Å². The first-order chi connectivity index (χ1) is 4.34. The summed E-state index contributed by atoms with van der Waals surface area (Å²) in [5, 5.41) is 4.17. The van der Waals surface area contributed by atoms with Gasteiger partial charge < -0.3 is 5.32 Å². The second kappa shape index (κ2) is 3.47. The fourth-order valence-corrected chi connectivity index (χ4v) is 2.58. The van der Waals surface area contributed by atoms with Gasteiger partial charge in [-0.3, -0.25) is 0 Å². The maximum absolute atomic E-state index is 3.29. The quantitative estimate of drug-likeness (QED) is 0.632. The number of hydrogen-bond acceptors (Lipinski definition) is 2. The molecule has 1 heterocycles. The molecule has 0 saturated carbocycles. The molecule has 2 heteroatoms. The number of nitrogens with one attached hydrogen (secondary N) is 1. The highest BCUT2D eigenvalue weighted by Gasteiger charge is 2.20. The summed E-state index contributed by atoms with van der Waals surface area (Å²) in [5.41, 5.74) is 0. The van der Waals surface area contributed by atoms with Crippen LogP contribution in [0.3, 0.4) is 0 Å². The van der Waals surface area contributed by atoms with E-state index in [1.54, 1.807) is 0 Å². The minimum Gasteiger partial charge on any atom is -0.316 e. The number of rotatable bonds is 2. The van der Waals surface area contributed by atoms with Gasteiger partial charge in [-0.25, -0.2) is 0 Å². The Kier molecular flexibility index (Phi) is 2.86. The van der Waals surface area contributed by atoms with Crippen molar-refractivity contribution in [3.05, 3.63) is 0 Å². The molecule has 9 heavy (non-hydrogen) atoms. The third kappa shape index (κ3) is 1.87. The Labute approximate surface area is 61.6 Å². The van der Waals surface area contributed by atoms with Crippen LogP contribution >= 0.6 is 11.8 Å². The molecule has 2 unspecified atom stereocenters. The van der Waals surface area contributed by atoms with Crippen LogP contribution in [0.15, 0.2) is 0 Å². The fourth-order valence-electron chi connectivity index (χ4n) is 1.18. The molecule has 0 radical (unpaired) electrons. The van der Waals surface area contributed by atoms with E-state index in [2.05, 4.69) is 24.0 Å². The Hall–Kier alpha value is 0.310. The molecule has 0 aromatic carbocycles. The van der Waals surface area contributed by atoms with E-state index in [9.17, 15) is 0 Å². The van der Waals surface area contributed by atoms with Crippen molar-refractivity contribution >= 4 is 11.8 Å². The molecule has 1 aliphatic rings. The van der Waals surface area contributed by atoms with Gasteiger partial charge in [0.2, 0.25) is 0 Å². The average Bonchev–Trinajstić information content (AvgIpc) is 2.37. The van der Waals surface area contributed by atoms with Crippen molar-refractivity contribution in [1.29, 1.82) is 0 Å². The zero-order valence-corrected chi connectivity index (χ0v) is 7.00. The summed E-state index contributed by atoms with van der Waals surface area (Å²) in [4.78, 5) is 0. The molecule has 0 bridgehead atoms. The molecule has 1 nitrogen and oxygen atoms in total. The van der Waals surface area contributed by atoms with Gasteiger partial charge in [0.05, 0.1) is 0 Å². The molecule has 54 valence electrons. The summed E-state index contributed by atoms with van der Waals surface area (Å²) < 4.78 is 0. The largest absolute Gasteiger partial charge is 0.316 e. The summed E-state index contributed by atoms with van der Waals surface area (Å²) in [6, 6.07) is 0.706. The van der Waals surface area contributed by atoms with Gasteiger partial charge in [0.1, 0.15) is 0 Å². The molecule has 1 N–H and O–H groups in total. The van der Waals surface area contributed by atoms with E-state index in [1.807, 2.05) is 7.05 Å². The van der Waals surface area contributed by atoms with Gasteiger partial charge >= 0.3 is 0 Å². The molecular formula is C7H15NS. The first-order valence-corrected chi connectivity index (χ1v) is 4.68. The lowest BCUT2D eigenvalue weighted by Crippen LogP contribution is -2.30. The SMILES string of the molecule is CNC(C)C1CCCS1. The highest BCUT2D eigenvalue weighted by atomic mass is 32.2. The van der Waals surface area contributed by atoms with Gasteiger partial charge in [-0.1, -0.05) is 0 Å². The van der Waals surface area contributed by atoms with Gasteiger partial charge in [0, 0.05) is 11.3 Å². The van der Waals surface area contributed by atoms with Crippen molar-refractivity contribution in [2.45, 2.75) is 31.1 Å². The maximum Gasteiger partial charge on any atom is 0.0198 e. The summed E-state index contributed by atoms with van der Waals surface area (Å²) >= 11 is 2.11. The van der Waals surface area contributed by atoms with Crippen LogP contribution in [0, 0.1) is 0 Å². The molecule has 0 amide bonds. The Bertz CT molecular complexity index is 79.0. The van der Waals surface area contributed by atoms with Gasteiger partial charge in [0.25, 0.3) is 0 Å². The van der Waals surface area contributed by atoms with E-state index in [0.717, 1.165) is 5.25 Å². The Morgan fingerprint density at radius 3 is 2.89 bits per heavy atom. The average molecular weight is 145 g/mol. The molecule has 2 atom stereocenters. The predicted molar refractivity (Wildman–Crippen MR) is 44.0 cm³/mol. The third-order valence-electron chi connectivity index (χ3n) is 1.98. The lowest BCUT2D eigenvalue weighted by atomic mass is 10.1. The molecule has 1 saturated heterocycles. The van der Waals surface area contributed by atoms with E-state index < -0.39 is 0 Å². The van der Waals surface area contributed by atoms with Crippen molar-refractivity contribution in [3.63, 3.8) is 0 Å². The topological polar surface area (TPSA) is 12.0 Å².